The zero-order chi connectivity index (χ0) is 79.5. The van der Waals surface area contributed by atoms with Gasteiger partial charge in [-0.1, -0.05) is 108 Å². The number of benzene rings is 2. The van der Waals surface area contributed by atoms with Crippen molar-refractivity contribution in [3.8, 4) is 45.8 Å². The number of piperazine rings is 2. The molecule has 0 spiro atoms. The highest BCUT2D eigenvalue weighted by atomic mass is 79.9. The zero-order valence-electron chi connectivity index (χ0n) is 68.3. The Morgan fingerprint density at radius 2 is 0.929 bits per heavy atom. The van der Waals surface area contributed by atoms with Gasteiger partial charge in [0.15, 0.2) is 28.3 Å². The van der Waals surface area contributed by atoms with Gasteiger partial charge in [0, 0.05) is 123 Å². The summed E-state index contributed by atoms with van der Waals surface area (Å²) < 4.78 is 49.7. The van der Waals surface area contributed by atoms with E-state index in [9.17, 15) is 0 Å². The number of pyridine rings is 4. The number of nitrogens with zero attached hydrogens (tertiary/aromatic N) is 12. The summed E-state index contributed by atoms with van der Waals surface area (Å²) in [5, 5.41) is 18.0. The molecule has 112 heavy (non-hydrogen) atoms. The average molecular weight is 1620 g/mol. The van der Waals surface area contributed by atoms with Crippen molar-refractivity contribution in [2.45, 2.75) is 231 Å². The fraction of sp³-hybridized carbons (Fsp3) is 0.488. The first-order chi connectivity index (χ1) is 53.2. The first-order valence-corrected chi connectivity index (χ1v) is 46.4. The maximum Gasteiger partial charge on any atom is 0.486 e. The van der Waals surface area contributed by atoms with Gasteiger partial charge in [-0.2, -0.15) is 0 Å². The van der Waals surface area contributed by atoms with Gasteiger partial charge in [-0.05, 0) is 185 Å². The van der Waals surface area contributed by atoms with E-state index in [0.29, 0.717) is 60.8 Å². The van der Waals surface area contributed by atoms with Crippen LogP contribution in [0.25, 0.3) is 28.6 Å². The topological polar surface area (TPSA) is 242 Å². The van der Waals surface area contributed by atoms with Crippen molar-refractivity contribution < 1.29 is 37.1 Å². The molecular weight excluding hydrogens is 1500 g/mol. The molecule has 594 valence electrons. The molecule has 2 aliphatic carbocycles. The molecule has 5 aliphatic heterocycles. The quantitative estimate of drug-likeness (QED) is 0.0473. The third-order valence-electron chi connectivity index (χ3n) is 24.4. The first kappa shape index (κ1) is 81.5. The van der Waals surface area contributed by atoms with Crippen LogP contribution in [0.15, 0.2) is 157 Å². The van der Waals surface area contributed by atoms with Gasteiger partial charge in [-0.3, -0.25) is 4.98 Å². The summed E-state index contributed by atoms with van der Waals surface area (Å²) in [6, 6.07) is 38.4. The number of fused-ring (bicyclic) bond motifs is 4. The van der Waals surface area contributed by atoms with E-state index in [1.165, 1.54) is 11.1 Å². The molecule has 4 atom stereocenters. The maximum absolute atomic E-state index is 6.41. The summed E-state index contributed by atoms with van der Waals surface area (Å²) in [6.07, 6.45) is 21.5. The Hall–Kier alpha value is -8.50. The number of nitrogen functional groups attached to an aromatic ring is 2. The highest BCUT2D eigenvalue weighted by Crippen LogP contribution is 2.45. The van der Waals surface area contributed by atoms with Crippen LogP contribution in [0.2, 0.25) is 36.3 Å². The molecule has 22 nitrogen and oxygen atoms in total. The fourth-order valence-electron chi connectivity index (χ4n) is 15.0. The molecular formula is C86H114BBrN14O8Si2. The van der Waals surface area contributed by atoms with Crippen molar-refractivity contribution in [3.05, 3.63) is 174 Å². The molecule has 4 N–H and O–H groups in total. The van der Waals surface area contributed by atoms with E-state index < -0.39 is 16.6 Å². The molecule has 11 heterocycles. The third-order valence-corrected chi connectivity index (χ3v) is 33.9. The number of anilines is 6. The number of nitrogens with two attached hydrogens (primary N) is 2. The molecule has 7 aliphatic rings. The predicted octanol–water partition coefficient (Wildman–Crippen LogP) is 17.3. The van der Waals surface area contributed by atoms with Crippen LogP contribution < -0.4 is 50.0 Å². The maximum atomic E-state index is 6.41. The van der Waals surface area contributed by atoms with Gasteiger partial charge in [-0.15, -0.1) is 20.4 Å². The Morgan fingerprint density at radius 3 is 1.33 bits per heavy atom. The Labute approximate surface area is 673 Å². The number of halogens is 1. The molecule has 7 fully saturated rings. The lowest BCUT2D eigenvalue weighted by Gasteiger charge is -2.43. The lowest BCUT2D eigenvalue weighted by Crippen LogP contribution is -2.54. The van der Waals surface area contributed by atoms with E-state index in [1.807, 2.05) is 85.1 Å². The summed E-state index contributed by atoms with van der Waals surface area (Å²) in [7, 11) is -3.70. The Bertz CT molecular complexity index is 4550. The van der Waals surface area contributed by atoms with E-state index in [0.717, 1.165) is 145 Å². The zero-order valence-corrected chi connectivity index (χ0v) is 71.9. The number of hydrogen-bond acceptors (Lipinski definition) is 22. The Kier molecular flexibility index (Phi) is 24.7. The summed E-state index contributed by atoms with van der Waals surface area (Å²) >= 11 is 3.35. The number of aryl methyl sites for hydroxylation is 2. The average Bonchev–Trinajstić information content (AvgIpc) is 1.51. The Balaban J connectivity index is 0.000000161. The van der Waals surface area contributed by atoms with Gasteiger partial charge in [0.2, 0.25) is 11.8 Å². The molecule has 8 aromatic rings. The van der Waals surface area contributed by atoms with Crippen LogP contribution in [0, 0.1) is 13.8 Å². The van der Waals surface area contributed by atoms with Gasteiger partial charge in [0.1, 0.15) is 40.5 Å². The molecule has 0 radical (unpaired) electrons. The Morgan fingerprint density at radius 1 is 0.518 bits per heavy atom. The van der Waals surface area contributed by atoms with Crippen molar-refractivity contribution in [1.82, 2.24) is 40.3 Å². The first-order valence-electron chi connectivity index (χ1n) is 39.8. The highest BCUT2D eigenvalue weighted by molar-refractivity contribution is 9.10. The van der Waals surface area contributed by atoms with Crippen LogP contribution in [0.3, 0.4) is 0 Å². The standard InChI is InChI=1S/C40H51N7O3Si.C31H32BrN7O2.C15H31BO3Si/c1-27-10-7-8-12-35(27)36-23-37(39(41)45-44-36)46-25-30-14-15-31(26-46)47(30)29-17-18-42-38(20-29)50-34-21-33(22-34)49-32-16-13-28(43-24-32)11-9-19-48-51(5,6)40(2,3)4;1-19-4-2-3-5-26(19)27-15-28(31(33)37-36-27)38-17-21-6-7-22(18-38)39(21)20-10-11-34-30(12-20)41-25-13-24(14-25)40-23-8-9-29(32)35-16-23;1-13(2,3)20(8,9)17-12-10-11-16-18-14(4,5)15(6,7)19-16/h7-13,16-18,20,23-24,30-31,33-34H,14-15,19,21-22,25-26H2,1-6H3,(H2,41,45);2-5,8-12,15-16,21-22,24-25H,6-7,13-14,17-18H2,1H3,(H2,33,37);10-11H,12H2,1-9H3/b11-9+;;11-10+. The van der Waals surface area contributed by atoms with Crippen LogP contribution in [0.4, 0.5) is 34.4 Å². The van der Waals surface area contributed by atoms with Gasteiger partial charge in [-0.25, -0.2) is 15.0 Å². The normalized spacial score (nSPS) is 22.6. The molecule has 2 saturated carbocycles. The highest BCUT2D eigenvalue weighted by Gasteiger charge is 2.51. The monoisotopic (exact) mass is 1620 g/mol. The van der Waals surface area contributed by atoms with E-state index >= 15 is 0 Å². The van der Waals surface area contributed by atoms with E-state index in [1.54, 1.807) is 12.4 Å². The fourth-order valence-corrected chi connectivity index (χ4v) is 17.1. The minimum Gasteiger partial charge on any atom is -0.489 e. The van der Waals surface area contributed by atoms with Crippen LogP contribution in [0.1, 0.15) is 137 Å². The van der Waals surface area contributed by atoms with E-state index in [2.05, 4.69) is 246 Å². The van der Waals surface area contributed by atoms with Crippen LogP contribution in [0.5, 0.6) is 23.3 Å². The molecule has 6 aromatic heterocycles. The van der Waals surface area contributed by atoms with Crippen LogP contribution >= 0.6 is 15.9 Å². The van der Waals surface area contributed by atoms with E-state index in [4.69, 9.17) is 48.6 Å². The molecule has 4 bridgehead atoms. The van der Waals surface area contributed by atoms with Crippen molar-refractivity contribution in [2.75, 3.05) is 70.5 Å². The molecule has 4 unspecified atom stereocenters. The summed E-state index contributed by atoms with van der Waals surface area (Å²) in [5.41, 5.74) is 23.6. The van der Waals surface area contributed by atoms with Gasteiger partial charge < -0.3 is 68.2 Å². The van der Waals surface area contributed by atoms with Gasteiger partial charge in [0.05, 0.1) is 65.3 Å². The van der Waals surface area contributed by atoms with Gasteiger partial charge >= 0.3 is 7.12 Å². The minimum absolute atomic E-state index is 0.0759. The van der Waals surface area contributed by atoms with Crippen LogP contribution in [-0.2, 0) is 18.2 Å². The second-order valence-corrected chi connectivity index (χ2v) is 45.4. The van der Waals surface area contributed by atoms with Crippen molar-refractivity contribution in [1.29, 1.82) is 0 Å². The minimum atomic E-state index is -1.76. The third kappa shape index (κ3) is 19.3. The molecule has 2 aromatic carbocycles. The van der Waals surface area contributed by atoms with Gasteiger partial charge in [0.25, 0.3) is 0 Å². The number of hydrogen-bond donors (Lipinski definition) is 2. The molecule has 15 rings (SSSR count). The van der Waals surface area contributed by atoms with Crippen LogP contribution in [-0.4, -0.2) is 163 Å². The summed E-state index contributed by atoms with van der Waals surface area (Å²) in [6.45, 7) is 39.7. The lowest BCUT2D eigenvalue weighted by atomic mass is 9.90. The van der Waals surface area contributed by atoms with Crippen molar-refractivity contribution in [2.24, 2.45) is 0 Å². The SMILES string of the molecule is CC1(C)OB(/C=C/CO[Si](C)(C)C(C)(C)C)OC1(C)C.Cc1ccccc1-c1cc(N2CC3CCC(C2)N3c2ccnc(OC3CC(Oc4ccc(/C=C/CO[Si](C)(C)C(C)(C)C)nc4)C3)c2)c(N)nn1.Cc1ccccc1-c1cc(N2CC3CCC(C2)N3c2ccnc(OC3CC(Oc4ccc(Br)nc4)C3)c2)c(N)nn1. The van der Waals surface area contributed by atoms with E-state index in [-0.39, 0.29) is 52.8 Å². The molecule has 5 saturated heterocycles. The molecule has 0 amide bonds. The smallest absolute Gasteiger partial charge is 0.486 e. The second kappa shape index (κ2) is 33.9. The molecule has 26 heteroatoms. The van der Waals surface area contributed by atoms with Crippen molar-refractivity contribution >= 4 is 80.1 Å². The summed E-state index contributed by atoms with van der Waals surface area (Å²) in [5.74, 6) is 5.81. The largest absolute Gasteiger partial charge is 0.489 e. The number of rotatable bonds is 22. The van der Waals surface area contributed by atoms with Crippen molar-refractivity contribution in [3.63, 3.8) is 0 Å². The lowest BCUT2D eigenvalue weighted by molar-refractivity contribution is 0.00173. The second-order valence-electron chi connectivity index (χ2n) is 35.0. The number of ether oxygens (including phenoxy) is 4. The number of aromatic nitrogens is 8. The summed E-state index contributed by atoms with van der Waals surface area (Å²) in [4.78, 5) is 27.7. The predicted molar refractivity (Wildman–Crippen MR) is 458 cm³/mol.